The second-order valence-electron chi connectivity index (χ2n) is 12.7. The molecule has 5 nitrogen and oxygen atoms in total. The van der Waals surface area contributed by atoms with Crippen LogP contribution in [0.3, 0.4) is 0 Å². The van der Waals surface area contributed by atoms with Gasteiger partial charge < -0.3 is 9.15 Å². The zero-order valence-corrected chi connectivity index (χ0v) is 27.5. The minimum atomic E-state index is 0.552. The standard InChI is InChI=1S/C46H29N3O2/c1-2-11-29(12-3-1)30-23-25-31(26-24-30)44-47-45(49-46(48-44)39-20-9-19-38-37-17-6-7-21-40(37)51-43(38)39)33-15-8-14-32(27-33)35-18-10-22-41-42(35)36-16-5-4-13-34(36)28-50-41/h1-27H,28H2. The molecule has 0 saturated carbocycles. The molecule has 0 amide bonds. The van der Waals surface area contributed by atoms with Gasteiger partial charge in [-0.2, -0.15) is 0 Å². The summed E-state index contributed by atoms with van der Waals surface area (Å²) in [6.45, 7) is 0.563. The summed E-state index contributed by atoms with van der Waals surface area (Å²) in [7, 11) is 0. The molecule has 0 aliphatic carbocycles. The molecule has 9 aromatic rings. The molecule has 5 heteroatoms. The molecule has 0 atom stereocenters. The molecule has 2 aromatic heterocycles. The van der Waals surface area contributed by atoms with Crippen molar-refractivity contribution in [3.63, 3.8) is 0 Å². The van der Waals surface area contributed by atoms with Gasteiger partial charge in [0.15, 0.2) is 17.5 Å². The summed E-state index contributed by atoms with van der Waals surface area (Å²) in [6.07, 6.45) is 0. The maximum Gasteiger partial charge on any atom is 0.167 e. The Kier molecular flexibility index (Phi) is 6.81. The Bertz CT molecular complexity index is 2750. The van der Waals surface area contributed by atoms with Crippen LogP contribution in [0.5, 0.6) is 5.75 Å². The third kappa shape index (κ3) is 5.06. The van der Waals surface area contributed by atoms with Crippen molar-refractivity contribution in [1.82, 2.24) is 15.0 Å². The van der Waals surface area contributed by atoms with Crippen molar-refractivity contribution in [2.24, 2.45) is 0 Å². The SMILES string of the molecule is c1ccc(-c2ccc(-c3nc(-c4cccc(-c5cccc6c5-c5ccccc5CO6)c4)nc(-c4cccc5c4oc4ccccc45)n3)cc2)cc1. The van der Waals surface area contributed by atoms with Gasteiger partial charge in [0.05, 0.1) is 5.56 Å². The minimum absolute atomic E-state index is 0.552. The van der Waals surface area contributed by atoms with E-state index in [-0.39, 0.29) is 0 Å². The van der Waals surface area contributed by atoms with Crippen LogP contribution in [0.4, 0.5) is 0 Å². The number of fused-ring (bicyclic) bond motifs is 6. The van der Waals surface area contributed by atoms with Crippen LogP contribution in [-0.2, 0) is 6.61 Å². The number of benzene rings is 7. The highest BCUT2D eigenvalue weighted by atomic mass is 16.5. The van der Waals surface area contributed by atoms with E-state index in [1.54, 1.807) is 0 Å². The van der Waals surface area contributed by atoms with Gasteiger partial charge in [0, 0.05) is 27.5 Å². The summed E-state index contributed by atoms with van der Waals surface area (Å²) >= 11 is 0. The third-order valence-corrected chi connectivity index (χ3v) is 9.66. The second-order valence-corrected chi connectivity index (χ2v) is 12.7. The van der Waals surface area contributed by atoms with Crippen molar-refractivity contribution in [2.75, 3.05) is 0 Å². The highest BCUT2D eigenvalue weighted by molar-refractivity contribution is 6.09. The Balaban J connectivity index is 1.14. The van der Waals surface area contributed by atoms with Gasteiger partial charge in [-0.1, -0.05) is 140 Å². The fourth-order valence-electron chi connectivity index (χ4n) is 7.16. The molecule has 0 radical (unpaired) electrons. The lowest BCUT2D eigenvalue weighted by Gasteiger charge is -2.23. The number of rotatable bonds is 5. The number of nitrogens with zero attached hydrogens (tertiary/aromatic N) is 3. The number of aromatic nitrogens is 3. The van der Waals surface area contributed by atoms with E-state index < -0.39 is 0 Å². The molecule has 0 fully saturated rings. The summed E-state index contributed by atoms with van der Waals surface area (Å²) in [4.78, 5) is 15.3. The van der Waals surface area contributed by atoms with Gasteiger partial charge in [-0.3, -0.25) is 0 Å². The van der Waals surface area contributed by atoms with Gasteiger partial charge in [-0.15, -0.1) is 0 Å². The first kappa shape index (κ1) is 29.1. The fourth-order valence-corrected chi connectivity index (χ4v) is 7.16. The molecular formula is C46H29N3O2. The Morgan fingerprint density at radius 3 is 1.92 bits per heavy atom. The lowest BCUT2D eigenvalue weighted by molar-refractivity contribution is 0.302. The van der Waals surface area contributed by atoms with E-state index in [4.69, 9.17) is 24.1 Å². The third-order valence-electron chi connectivity index (χ3n) is 9.66. The van der Waals surface area contributed by atoms with Gasteiger partial charge in [0.2, 0.25) is 0 Å². The molecule has 7 aromatic carbocycles. The minimum Gasteiger partial charge on any atom is -0.488 e. The van der Waals surface area contributed by atoms with Crippen molar-refractivity contribution in [2.45, 2.75) is 6.61 Å². The van der Waals surface area contributed by atoms with Crippen molar-refractivity contribution in [3.8, 4) is 73.3 Å². The second kappa shape index (κ2) is 11.9. The number of para-hydroxylation sites is 2. The van der Waals surface area contributed by atoms with Crippen molar-refractivity contribution >= 4 is 21.9 Å². The highest BCUT2D eigenvalue weighted by Crippen LogP contribution is 2.44. The van der Waals surface area contributed by atoms with Gasteiger partial charge in [0.25, 0.3) is 0 Å². The summed E-state index contributed by atoms with van der Waals surface area (Å²) in [5.74, 6) is 2.61. The monoisotopic (exact) mass is 655 g/mol. The molecule has 240 valence electrons. The molecule has 1 aliphatic heterocycles. The number of hydrogen-bond acceptors (Lipinski definition) is 5. The van der Waals surface area contributed by atoms with Gasteiger partial charge in [-0.25, -0.2) is 15.0 Å². The summed E-state index contributed by atoms with van der Waals surface area (Å²) in [5, 5.41) is 2.09. The largest absolute Gasteiger partial charge is 0.488 e. The molecule has 3 heterocycles. The lowest BCUT2D eigenvalue weighted by Crippen LogP contribution is -2.06. The van der Waals surface area contributed by atoms with E-state index in [0.717, 1.165) is 72.2 Å². The van der Waals surface area contributed by atoms with Crippen molar-refractivity contribution < 1.29 is 9.15 Å². The molecule has 0 bridgehead atoms. The first-order chi connectivity index (χ1) is 25.3. The average Bonchev–Trinajstić information content (AvgIpc) is 3.60. The van der Waals surface area contributed by atoms with E-state index in [1.165, 1.54) is 11.1 Å². The van der Waals surface area contributed by atoms with Crippen molar-refractivity contribution in [3.05, 3.63) is 169 Å². The van der Waals surface area contributed by atoms with Crippen LogP contribution in [0, 0.1) is 0 Å². The molecular weight excluding hydrogens is 627 g/mol. The summed E-state index contributed by atoms with van der Waals surface area (Å²) in [5.41, 5.74) is 12.1. The topological polar surface area (TPSA) is 61.0 Å². The van der Waals surface area contributed by atoms with Crippen LogP contribution < -0.4 is 4.74 Å². The lowest BCUT2D eigenvalue weighted by atomic mass is 9.89. The Labute approximate surface area is 294 Å². The molecule has 0 N–H and O–H groups in total. The van der Waals surface area contributed by atoms with E-state index in [1.807, 2.05) is 42.5 Å². The number of ether oxygens (including phenoxy) is 1. The number of hydrogen-bond donors (Lipinski definition) is 0. The first-order valence-corrected chi connectivity index (χ1v) is 17.0. The molecule has 0 saturated heterocycles. The van der Waals surface area contributed by atoms with E-state index in [0.29, 0.717) is 24.1 Å². The number of furan rings is 1. The summed E-state index contributed by atoms with van der Waals surface area (Å²) in [6, 6.07) is 56.2. The molecule has 0 spiro atoms. The first-order valence-electron chi connectivity index (χ1n) is 17.0. The maximum atomic E-state index is 6.44. The molecule has 1 aliphatic rings. The fraction of sp³-hybridized carbons (Fsp3) is 0.0217. The zero-order valence-electron chi connectivity index (χ0n) is 27.5. The normalized spacial score (nSPS) is 12.0. The van der Waals surface area contributed by atoms with Gasteiger partial charge in [0.1, 0.15) is 23.5 Å². The quantitative estimate of drug-likeness (QED) is 0.185. The van der Waals surface area contributed by atoms with Crippen LogP contribution in [-0.4, -0.2) is 15.0 Å². The van der Waals surface area contributed by atoms with Crippen LogP contribution in [0.2, 0.25) is 0 Å². The molecule has 0 unspecified atom stereocenters. The Hall–Kier alpha value is -6.85. The predicted octanol–water partition coefficient (Wildman–Crippen LogP) is 11.7. The maximum absolute atomic E-state index is 6.44. The van der Waals surface area contributed by atoms with E-state index in [9.17, 15) is 0 Å². The highest BCUT2D eigenvalue weighted by Gasteiger charge is 2.22. The van der Waals surface area contributed by atoms with Gasteiger partial charge >= 0.3 is 0 Å². The van der Waals surface area contributed by atoms with Crippen LogP contribution >= 0.6 is 0 Å². The predicted molar refractivity (Wildman–Crippen MR) is 204 cm³/mol. The smallest absolute Gasteiger partial charge is 0.167 e. The zero-order chi connectivity index (χ0) is 33.7. The Morgan fingerprint density at radius 2 is 1.02 bits per heavy atom. The van der Waals surface area contributed by atoms with Crippen LogP contribution in [0.1, 0.15) is 5.56 Å². The van der Waals surface area contributed by atoms with E-state index >= 15 is 0 Å². The summed E-state index contributed by atoms with van der Waals surface area (Å²) < 4.78 is 12.6. The van der Waals surface area contributed by atoms with Crippen LogP contribution in [0.15, 0.2) is 168 Å². The van der Waals surface area contributed by atoms with Gasteiger partial charge in [-0.05, 0) is 57.6 Å². The van der Waals surface area contributed by atoms with Crippen LogP contribution in [0.25, 0.3) is 89.5 Å². The Morgan fingerprint density at radius 1 is 0.412 bits per heavy atom. The average molecular weight is 656 g/mol. The molecule has 10 rings (SSSR count). The van der Waals surface area contributed by atoms with E-state index in [2.05, 4.69) is 121 Å². The van der Waals surface area contributed by atoms with Crippen molar-refractivity contribution in [1.29, 1.82) is 0 Å². The molecule has 51 heavy (non-hydrogen) atoms.